The minimum Gasteiger partial charge on any atom is -0.387 e. The Morgan fingerprint density at radius 3 is 2.65 bits per heavy atom. The van der Waals surface area contributed by atoms with Crippen molar-refractivity contribution in [3.63, 3.8) is 0 Å². The SMILES string of the molecule is O=C(NCc1ccsc1)NCC(O)c1ccc(F)cc1. The third-order valence-electron chi connectivity index (χ3n) is 2.74. The summed E-state index contributed by atoms with van der Waals surface area (Å²) in [6.45, 7) is 0.517. The summed E-state index contributed by atoms with van der Waals surface area (Å²) in [6.07, 6.45) is -0.859. The number of rotatable bonds is 5. The molecule has 1 unspecified atom stereocenters. The largest absolute Gasteiger partial charge is 0.387 e. The van der Waals surface area contributed by atoms with Crippen LogP contribution in [0.15, 0.2) is 41.1 Å². The molecule has 1 aromatic carbocycles. The van der Waals surface area contributed by atoms with E-state index in [2.05, 4.69) is 10.6 Å². The van der Waals surface area contributed by atoms with Crippen molar-refractivity contribution in [1.82, 2.24) is 10.6 Å². The lowest BCUT2D eigenvalue weighted by atomic mass is 10.1. The Kier molecular flexibility index (Phi) is 5.09. The molecule has 0 spiro atoms. The fourth-order valence-corrected chi connectivity index (χ4v) is 2.30. The number of aliphatic hydroxyl groups excluding tert-OH is 1. The normalized spacial score (nSPS) is 11.9. The highest BCUT2D eigenvalue weighted by molar-refractivity contribution is 7.07. The Morgan fingerprint density at radius 1 is 1.25 bits per heavy atom. The number of hydrogen-bond acceptors (Lipinski definition) is 3. The van der Waals surface area contributed by atoms with Gasteiger partial charge < -0.3 is 15.7 Å². The zero-order valence-electron chi connectivity index (χ0n) is 10.7. The Labute approximate surface area is 120 Å². The van der Waals surface area contributed by atoms with Crippen molar-refractivity contribution in [3.8, 4) is 0 Å². The second-order valence-electron chi connectivity index (χ2n) is 4.26. The summed E-state index contributed by atoms with van der Waals surface area (Å²) < 4.78 is 12.7. The van der Waals surface area contributed by atoms with Crippen molar-refractivity contribution in [1.29, 1.82) is 0 Å². The van der Waals surface area contributed by atoms with Crippen LogP contribution < -0.4 is 10.6 Å². The second-order valence-corrected chi connectivity index (χ2v) is 5.04. The van der Waals surface area contributed by atoms with Gasteiger partial charge in [0, 0.05) is 13.1 Å². The van der Waals surface area contributed by atoms with Gasteiger partial charge in [0.05, 0.1) is 6.10 Å². The van der Waals surface area contributed by atoms with E-state index < -0.39 is 6.10 Å². The molecule has 1 aromatic heterocycles. The van der Waals surface area contributed by atoms with Gasteiger partial charge >= 0.3 is 6.03 Å². The summed E-state index contributed by atoms with van der Waals surface area (Å²) in [5.41, 5.74) is 1.59. The average Bonchev–Trinajstić information content (AvgIpc) is 2.96. The maximum Gasteiger partial charge on any atom is 0.315 e. The van der Waals surface area contributed by atoms with Crippen LogP contribution in [0.2, 0.25) is 0 Å². The number of halogens is 1. The van der Waals surface area contributed by atoms with Gasteiger partial charge in [-0.25, -0.2) is 9.18 Å². The van der Waals surface area contributed by atoms with Gasteiger partial charge in [-0.2, -0.15) is 11.3 Å². The van der Waals surface area contributed by atoms with E-state index in [9.17, 15) is 14.3 Å². The number of carbonyl (C=O) groups excluding carboxylic acids is 1. The van der Waals surface area contributed by atoms with Crippen molar-refractivity contribution < 1.29 is 14.3 Å². The summed E-state index contributed by atoms with van der Waals surface area (Å²) in [4.78, 5) is 11.5. The van der Waals surface area contributed by atoms with Crippen LogP contribution in [0, 0.1) is 5.82 Å². The van der Waals surface area contributed by atoms with E-state index in [1.54, 1.807) is 11.3 Å². The Morgan fingerprint density at radius 2 is 2.00 bits per heavy atom. The maximum absolute atomic E-state index is 12.7. The van der Waals surface area contributed by atoms with Crippen LogP contribution in [-0.4, -0.2) is 17.7 Å². The Bertz CT molecular complexity index is 543. The van der Waals surface area contributed by atoms with E-state index in [0.717, 1.165) is 5.56 Å². The minimum atomic E-state index is -0.859. The van der Waals surface area contributed by atoms with E-state index in [1.165, 1.54) is 24.3 Å². The fraction of sp³-hybridized carbons (Fsp3) is 0.214. The number of carbonyl (C=O) groups is 1. The molecule has 0 fully saturated rings. The average molecular weight is 294 g/mol. The van der Waals surface area contributed by atoms with Crippen LogP contribution in [0.1, 0.15) is 17.2 Å². The zero-order chi connectivity index (χ0) is 14.4. The van der Waals surface area contributed by atoms with E-state index >= 15 is 0 Å². The topological polar surface area (TPSA) is 61.4 Å². The van der Waals surface area contributed by atoms with Crippen LogP contribution >= 0.6 is 11.3 Å². The smallest absolute Gasteiger partial charge is 0.315 e. The number of thiophene rings is 1. The van der Waals surface area contributed by atoms with E-state index in [1.807, 2.05) is 16.8 Å². The predicted molar refractivity (Wildman–Crippen MR) is 75.9 cm³/mol. The minimum absolute atomic E-state index is 0.0705. The van der Waals surface area contributed by atoms with Crippen LogP contribution in [0.4, 0.5) is 9.18 Å². The number of nitrogens with one attached hydrogen (secondary N) is 2. The third-order valence-corrected chi connectivity index (χ3v) is 3.48. The van der Waals surface area contributed by atoms with Gasteiger partial charge in [0.15, 0.2) is 0 Å². The molecule has 2 rings (SSSR count). The highest BCUT2D eigenvalue weighted by Crippen LogP contribution is 2.12. The molecule has 4 nitrogen and oxygen atoms in total. The number of urea groups is 1. The van der Waals surface area contributed by atoms with Gasteiger partial charge in [0.1, 0.15) is 5.82 Å². The molecule has 1 heterocycles. The lowest BCUT2D eigenvalue weighted by molar-refractivity contribution is 0.173. The lowest BCUT2D eigenvalue weighted by Crippen LogP contribution is -2.37. The van der Waals surface area contributed by atoms with E-state index in [0.29, 0.717) is 12.1 Å². The number of benzene rings is 1. The van der Waals surface area contributed by atoms with Crippen LogP contribution in [0.5, 0.6) is 0 Å². The molecule has 0 aliphatic rings. The van der Waals surface area contributed by atoms with Gasteiger partial charge in [0.25, 0.3) is 0 Å². The van der Waals surface area contributed by atoms with Crippen molar-refractivity contribution in [2.75, 3.05) is 6.54 Å². The first-order chi connectivity index (χ1) is 9.65. The van der Waals surface area contributed by atoms with Gasteiger partial charge in [0.2, 0.25) is 0 Å². The van der Waals surface area contributed by atoms with Gasteiger partial charge in [-0.05, 0) is 40.1 Å². The highest BCUT2D eigenvalue weighted by atomic mass is 32.1. The summed E-state index contributed by atoms with van der Waals surface area (Å²) in [5, 5.41) is 19.0. The van der Waals surface area contributed by atoms with Crippen molar-refractivity contribution in [3.05, 3.63) is 58.0 Å². The first-order valence-electron chi connectivity index (χ1n) is 6.11. The van der Waals surface area contributed by atoms with Crippen molar-refractivity contribution >= 4 is 17.4 Å². The van der Waals surface area contributed by atoms with Crippen molar-refractivity contribution in [2.45, 2.75) is 12.6 Å². The molecule has 2 amide bonds. The number of amides is 2. The number of aliphatic hydroxyl groups is 1. The molecular weight excluding hydrogens is 279 g/mol. The first kappa shape index (κ1) is 14.5. The quantitative estimate of drug-likeness (QED) is 0.793. The van der Waals surface area contributed by atoms with Crippen LogP contribution in [0.3, 0.4) is 0 Å². The molecule has 6 heteroatoms. The van der Waals surface area contributed by atoms with Crippen LogP contribution in [-0.2, 0) is 6.54 Å². The molecule has 0 saturated carbocycles. The molecule has 1 atom stereocenters. The monoisotopic (exact) mass is 294 g/mol. The Hall–Kier alpha value is -1.92. The zero-order valence-corrected chi connectivity index (χ0v) is 11.5. The summed E-state index contributed by atoms with van der Waals surface area (Å²) in [5.74, 6) is -0.359. The molecule has 0 bridgehead atoms. The molecule has 0 radical (unpaired) electrons. The molecular formula is C14H15FN2O2S. The molecule has 0 aliphatic heterocycles. The van der Waals surface area contributed by atoms with Crippen LogP contribution in [0.25, 0.3) is 0 Å². The molecule has 2 aromatic rings. The van der Waals surface area contributed by atoms with Gasteiger partial charge in [-0.3, -0.25) is 0 Å². The number of hydrogen-bond donors (Lipinski definition) is 3. The summed E-state index contributed by atoms with van der Waals surface area (Å²) >= 11 is 1.57. The first-order valence-corrected chi connectivity index (χ1v) is 7.06. The third kappa shape index (κ3) is 4.32. The predicted octanol–water partition coefficient (Wildman–Crippen LogP) is 2.42. The molecule has 0 saturated heterocycles. The van der Waals surface area contributed by atoms with Gasteiger partial charge in [-0.15, -0.1) is 0 Å². The van der Waals surface area contributed by atoms with E-state index in [4.69, 9.17) is 0 Å². The Balaban J connectivity index is 1.73. The second kappa shape index (κ2) is 7.02. The molecule has 20 heavy (non-hydrogen) atoms. The fourth-order valence-electron chi connectivity index (χ4n) is 1.63. The van der Waals surface area contributed by atoms with Crippen molar-refractivity contribution in [2.24, 2.45) is 0 Å². The molecule has 0 aliphatic carbocycles. The standard InChI is InChI=1S/C14H15FN2O2S/c15-12-3-1-11(2-4-12)13(18)8-17-14(19)16-7-10-5-6-20-9-10/h1-6,9,13,18H,7-8H2,(H2,16,17,19). The summed E-state index contributed by atoms with van der Waals surface area (Å²) in [7, 11) is 0. The van der Waals surface area contributed by atoms with Gasteiger partial charge in [-0.1, -0.05) is 12.1 Å². The highest BCUT2D eigenvalue weighted by Gasteiger charge is 2.09. The lowest BCUT2D eigenvalue weighted by Gasteiger charge is -2.12. The molecule has 3 N–H and O–H groups in total. The summed E-state index contributed by atoms with van der Waals surface area (Å²) in [6, 6.07) is 7.11. The molecule has 106 valence electrons. The van der Waals surface area contributed by atoms with E-state index in [-0.39, 0.29) is 18.4 Å². The maximum atomic E-state index is 12.7.